The molecule has 3 aliphatic rings. The lowest BCUT2D eigenvalue weighted by Gasteiger charge is -2.60. The van der Waals surface area contributed by atoms with Crippen LogP contribution >= 0.6 is 0 Å². The number of allylic oxidation sites excluding steroid dienone is 1. The van der Waals surface area contributed by atoms with Crippen LogP contribution in [0.1, 0.15) is 159 Å². The third kappa shape index (κ3) is 14.4. The van der Waals surface area contributed by atoms with Crippen LogP contribution in [0.3, 0.4) is 0 Å². The Morgan fingerprint density at radius 1 is 0.849 bits per heavy atom. The summed E-state index contributed by atoms with van der Waals surface area (Å²) in [6.07, 6.45) is 19.0. The summed E-state index contributed by atoms with van der Waals surface area (Å²) >= 11 is 0. The summed E-state index contributed by atoms with van der Waals surface area (Å²) in [5.74, 6) is -1.18. The first-order chi connectivity index (χ1) is 35.5. The number of carbonyl (C=O) groups excluding carboxylic acids is 2. The molecule has 1 aliphatic heterocycles. The highest BCUT2D eigenvalue weighted by Crippen LogP contribution is 2.62. The number of rotatable bonds is 28. The van der Waals surface area contributed by atoms with Gasteiger partial charge in [-0.05, 0) is 110 Å². The van der Waals surface area contributed by atoms with Crippen LogP contribution in [-0.2, 0) is 27.5 Å². The monoisotopic (exact) mass is 998 g/mol. The number of nitrogens with one attached hydrogen (secondary N) is 1. The van der Waals surface area contributed by atoms with E-state index < -0.39 is 29.4 Å². The van der Waals surface area contributed by atoms with E-state index in [0.29, 0.717) is 50.3 Å². The minimum Gasteiger partial charge on any atom is -0.459 e. The van der Waals surface area contributed by atoms with E-state index >= 15 is 4.79 Å². The van der Waals surface area contributed by atoms with Gasteiger partial charge in [0.2, 0.25) is 11.7 Å². The molecule has 6 atom stereocenters. The van der Waals surface area contributed by atoms with Gasteiger partial charge >= 0.3 is 6.09 Å². The van der Waals surface area contributed by atoms with Crippen molar-refractivity contribution in [3.8, 4) is 11.5 Å². The highest BCUT2D eigenvalue weighted by atomic mass is 16.7. The van der Waals surface area contributed by atoms with E-state index in [2.05, 4.69) is 55.2 Å². The summed E-state index contributed by atoms with van der Waals surface area (Å²) in [5, 5.41) is 30.3. The molecule has 0 bridgehead atoms. The van der Waals surface area contributed by atoms with E-state index in [9.17, 15) is 15.0 Å². The summed E-state index contributed by atoms with van der Waals surface area (Å²) in [5.41, 5.74) is 3.94. The normalized spacial score (nSPS) is 21.6. The number of fused-ring (bicyclic) bond motifs is 3. The number of oxime groups is 1. The molecule has 0 radical (unpaired) electrons. The van der Waals surface area contributed by atoms with Gasteiger partial charge in [0.25, 0.3) is 0 Å². The van der Waals surface area contributed by atoms with Crippen LogP contribution in [0.15, 0.2) is 120 Å². The second-order valence-corrected chi connectivity index (χ2v) is 21.4. The van der Waals surface area contributed by atoms with Crippen molar-refractivity contribution in [1.29, 1.82) is 0 Å². The molecule has 3 N–H and O–H groups in total. The van der Waals surface area contributed by atoms with E-state index in [1.807, 2.05) is 80.3 Å². The molecule has 73 heavy (non-hydrogen) atoms. The number of hydrogen-bond donors (Lipinski definition) is 3. The number of ether oxygens (including phenoxy) is 3. The van der Waals surface area contributed by atoms with Crippen molar-refractivity contribution in [3.05, 3.63) is 132 Å². The second kappa shape index (κ2) is 27.2. The average molecular weight is 998 g/mol. The molecule has 1 fully saturated rings. The van der Waals surface area contributed by atoms with Crippen molar-refractivity contribution >= 4 is 28.5 Å². The van der Waals surface area contributed by atoms with Crippen LogP contribution in [0.2, 0.25) is 0 Å². The predicted molar refractivity (Wildman–Crippen MR) is 291 cm³/mol. The first-order valence-corrected chi connectivity index (χ1v) is 27.5. The molecule has 11 heteroatoms. The average Bonchev–Trinajstić information content (AvgIpc) is 3.39. The summed E-state index contributed by atoms with van der Waals surface area (Å²) in [6, 6.07) is 29.3. The van der Waals surface area contributed by atoms with E-state index in [-0.39, 0.29) is 43.5 Å². The minimum absolute atomic E-state index is 0.00299. The molecule has 0 aromatic heterocycles. The van der Waals surface area contributed by atoms with Gasteiger partial charge in [0.05, 0.1) is 18.2 Å². The third-order valence-electron chi connectivity index (χ3n) is 15.0. The number of unbranched alkanes of at least 4 members (excludes halogenated alkanes) is 10. The molecule has 2 aliphatic carbocycles. The Morgan fingerprint density at radius 3 is 2.27 bits per heavy atom. The van der Waals surface area contributed by atoms with E-state index in [1.165, 1.54) is 38.5 Å². The lowest BCUT2D eigenvalue weighted by molar-refractivity contribution is -0.258. The zero-order chi connectivity index (χ0) is 51.6. The topological polar surface area (TPSA) is 139 Å². The van der Waals surface area contributed by atoms with Crippen LogP contribution < -0.4 is 14.8 Å². The Morgan fingerprint density at radius 2 is 1.55 bits per heavy atom. The van der Waals surface area contributed by atoms with Crippen molar-refractivity contribution in [2.45, 2.75) is 173 Å². The van der Waals surface area contributed by atoms with Crippen LogP contribution in [0.25, 0.3) is 10.8 Å². The maximum atomic E-state index is 15.5. The van der Waals surface area contributed by atoms with E-state index in [4.69, 9.17) is 24.2 Å². The van der Waals surface area contributed by atoms with Gasteiger partial charge in [0, 0.05) is 50.6 Å². The Kier molecular flexibility index (Phi) is 20.6. The van der Waals surface area contributed by atoms with Crippen molar-refractivity contribution in [2.24, 2.45) is 22.9 Å². The summed E-state index contributed by atoms with van der Waals surface area (Å²) < 4.78 is 20.9. The van der Waals surface area contributed by atoms with Crippen LogP contribution in [0.5, 0.6) is 11.5 Å². The van der Waals surface area contributed by atoms with Gasteiger partial charge in [-0.2, -0.15) is 0 Å². The zero-order valence-corrected chi connectivity index (χ0v) is 44.2. The number of aliphatic hydroxyl groups is 2. The lowest BCUT2D eigenvalue weighted by Crippen LogP contribution is -2.70. The molecule has 394 valence electrons. The molecule has 4 aromatic carbocycles. The molecule has 1 saturated carbocycles. The summed E-state index contributed by atoms with van der Waals surface area (Å²) in [4.78, 5) is 37.4. The third-order valence-corrected chi connectivity index (χ3v) is 15.0. The van der Waals surface area contributed by atoms with Gasteiger partial charge in [-0.1, -0.05) is 161 Å². The number of amides is 2. The zero-order valence-electron chi connectivity index (χ0n) is 44.2. The standard InChI is InChI=1S/C62H83N3O8/c1-6-8-9-10-11-12-13-14-18-34-57(68)65(44-48-31-25-30-46-28-19-20-32-50(46)48)56-42-54(64-73-61(3,4)5)52-40-47(29-21-23-37-66)51(33-22-24-38-67)58-53-41-49(71-60(69)63-43-45-26-16-15-17-27-45)35-36-55(53)72-62(56,59(52)58)70-39-7-2/h7,15-17,19-20,25-28,30-32,35-36,40-41,47,51,56,58-59,66-67H,2,6,8-14,18,21-24,29,33-34,37-39,42-44H2,1,3-5H3,(H,63,69)/t47-,51+,56-,58+,59+,62+/m0/s1. The number of aliphatic hydroxyl groups excluding tert-OH is 2. The number of hydrogen-bond acceptors (Lipinski definition) is 9. The first kappa shape index (κ1) is 55.3. The molecular formula is C62H83N3O8. The molecule has 4 aromatic rings. The molecule has 0 unspecified atom stereocenters. The largest absolute Gasteiger partial charge is 0.459 e. The van der Waals surface area contributed by atoms with E-state index in [0.717, 1.165) is 83.7 Å². The Balaban J connectivity index is 1.38. The minimum atomic E-state index is -1.43. The fourth-order valence-electron chi connectivity index (χ4n) is 11.5. The summed E-state index contributed by atoms with van der Waals surface area (Å²) in [7, 11) is 0. The second-order valence-electron chi connectivity index (χ2n) is 21.4. The SMILES string of the molecule is C=CCO[C@@]12Oc3ccc(OC(=O)NCc4ccccc4)cc3[C@H]3[C@H](CCCCO)[C@@H](CCCCO)C=C(C(=NOC(C)(C)C)C[C@@H]1N(Cc1cccc4ccccc14)C(=O)CCCCCCCCCCC)[C@H]32. The molecule has 0 saturated heterocycles. The predicted octanol–water partition coefficient (Wildman–Crippen LogP) is 13.5. The van der Waals surface area contributed by atoms with Gasteiger partial charge in [0.1, 0.15) is 23.1 Å². The maximum absolute atomic E-state index is 15.5. The van der Waals surface area contributed by atoms with Crippen LogP contribution in [0.4, 0.5) is 4.79 Å². The van der Waals surface area contributed by atoms with Crippen molar-refractivity contribution in [2.75, 3.05) is 19.8 Å². The molecule has 1 heterocycles. The quantitative estimate of drug-likeness (QED) is 0.0290. The molecule has 2 amide bonds. The van der Waals surface area contributed by atoms with E-state index in [1.54, 1.807) is 12.1 Å². The van der Waals surface area contributed by atoms with Crippen molar-refractivity contribution in [3.63, 3.8) is 0 Å². The van der Waals surface area contributed by atoms with Crippen molar-refractivity contribution < 1.29 is 38.9 Å². The number of nitrogens with zero attached hydrogens (tertiary/aromatic N) is 2. The van der Waals surface area contributed by atoms with Crippen LogP contribution in [-0.4, -0.2) is 70.1 Å². The molecule has 7 rings (SSSR count). The molecule has 11 nitrogen and oxygen atoms in total. The Hall–Kier alpha value is -5.49. The van der Waals surface area contributed by atoms with Crippen LogP contribution in [0, 0.1) is 17.8 Å². The maximum Gasteiger partial charge on any atom is 0.412 e. The fourth-order valence-corrected chi connectivity index (χ4v) is 11.5. The van der Waals surface area contributed by atoms with Gasteiger partial charge in [-0.15, -0.1) is 6.58 Å². The Bertz CT molecular complexity index is 2460. The van der Waals surface area contributed by atoms with Gasteiger partial charge in [-0.3, -0.25) is 4.79 Å². The van der Waals surface area contributed by atoms with Gasteiger partial charge in [0.15, 0.2) is 0 Å². The molecule has 0 spiro atoms. The first-order valence-electron chi connectivity index (χ1n) is 27.5. The lowest BCUT2D eigenvalue weighted by atomic mass is 9.55. The number of carbonyl (C=O) groups is 2. The van der Waals surface area contributed by atoms with Gasteiger partial charge in [-0.25, -0.2) is 4.79 Å². The fraction of sp³-hybridized carbons (Fsp3) is 0.532. The number of benzene rings is 4. The van der Waals surface area contributed by atoms with Gasteiger partial charge < -0.3 is 39.5 Å². The smallest absolute Gasteiger partial charge is 0.412 e. The summed E-state index contributed by atoms with van der Waals surface area (Å²) in [6.45, 7) is 13.3. The van der Waals surface area contributed by atoms with Crippen molar-refractivity contribution in [1.82, 2.24) is 10.2 Å². The highest BCUT2D eigenvalue weighted by Gasteiger charge is 2.65. The highest BCUT2D eigenvalue weighted by molar-refractivity contribution is 6.03. The molecular weight excluding hydrogens is 915 g/mol. The Labute approximate surface area is 435 Å².